The topological polar surface area (TPSA) is 61.6 Å². The zero-order valence-electron chi connectivity index (χ0n) is 10.3. The zero-order valence-corrected chi connectivity index (χ0v) is 10.3. The molecule has 0 spiro atoms. The summed E-state index contributed by atoms with van der Waals surface area (Å²) >= 11 is 0. The van der Waals surface area contributed by atoms with Crippen LogP contribution in [0.5, 0.6) is 0 Å². The third-order valence-electron chi connectivity index (χ3n) is 3.10. The number of rotatable bonds is 5. The number of nitrogens with two attached hydrogens (primary N) is 1. The van der Waals surface area contributed by atoms with Crippen LogP contribution in [0, 0.1) is 0 Å². The number of carbonyl (C=O) groups excluding carboxylic acids is 1. The molecule has 4 heteroatoms. The molecule has 0 aromatic rings. The van der Waals surface area contributed by atoms with Crippen molar-refractivity contribution in [3.63, 3.8) is 0 Å². The smallest absolute Gasteiger partial charge is 0.323 e. The highest BCUT2D eigenvalue weighted by molar-refractivity contribution is 5.75. The molecule has 0 amide bonds. The molecule has 1 aliphatic carbocycles. The van der Waals surface area contributed by atoms with Gasteiger partial charge in [0.1, 0.15) is 12.1 Å². The predicted molar refractivity (Wildman–Crippen MR) is 62.0 cm³/mol. The lowest BCUT2D eigenvalue weighted by molar-refractivity contribution is -0.154. The fourth-order valence-electron chi connectivity index (χ4n) is 2.10. The lowest BCUT2D eigenvalue weighted by Crippen LogP contribution is -2.37. The van der Waals surface area contributed by atoms with Gasteiger partial charge in [0.15, 0.2) is 0 Å². The average molecular weight is 229 g/mol. The van der Waals surface area contributed by atoms with E-state index in [9.17, 15) is 4.79 Å². The van der Waals surface area contributed by atoms with E-state index in [1.165, 1.54) is 0 Å². The predicted octanol–water partition coefficient (Wildman–Crippen LogP) is 1.61. The third kappa shape index (κ3) is 4.10. The van der Waals surface area contributed by atoms with Gasteiger partial charge in [-0.1, -0.05) is 13.3 Å². The second-order valence-corrected chi connectivity index (χ2v) is 4.48. The highest BCUT2D eigenvalue weighted by atomic mass is 16.5. The molecule has 0 saturated heterocycles. The Labute approximate surface area is 97.5 Å². The number of methoxy groups -OCH3 is 1. The first kappa shape index (κ1) is 13.5. The summed E-state index contributed by atoms with van der Waals surface area (Å²) in [4.78, 5) is 11.6. The fraction of sp³-hybridized carbons (Fsp3) is 0.917. The van der Waals surface area contributed by atoms with Crippen LogP contribution in [0.4, 0.5) is 0 Å². The highest BCUT2D eigenvalue weighted by Crippen LogP contribution is 2.23. The fourth-order valence-corrected chi connectivity index (χ4v) is 2.10. The molecule has 1 aliphatic rings. The van der Waals surface area contributed by atoms with E-state index in [2.05, 4.69) is 0 Å². The van der Waals surface area contributed by atoms with Crippen molar-refractivity contribution in [2.45, 2.75) is 63.7 Å². The Hall–Kier alpha value is -0.610. The van der Waals surface area contributed by atoms with Crippen LogP contribution in [0.1, 0.15) is 45.4 Å². The van der Waals surface area contributed by atoms with E-state index < -0.39 is 6.04 Å². The molecule has 1 rings (SSSR count). The Morgan fingerprint density at radius 3 is 2.75 bits per heavy atom. The molecule has 3 atom stereocenters. The van der Waals surface area contributed by atoms with Gasteiger partial charge >= 0.3 is 5.97 Å². The molecule has 1 saturated carbocycles. The number of hydrogen-bond donors (Lipinski definition) is 1. The van der Waals surface area contributed by atoms with Crippen molar-refractivity contribution in [1.29, 1.82) is 0 Å². The van der Waals surface area contributed by atoms with Gasteiger partial charge in [-0.25, -0.2) is 0 Å². The summed E-state index contributed by atoms with van der Waals surface area (Å²) in [6.07, 6.45) is 5.68. The lowest BCUT2D eigenvalue weighted by Gasteiger charge is -2.28. The van der Waals surface area contributed by atoms with Crippen molar-refractivity contribution < 1.29 is 14.3 Å². The summed E-state index contributed by atoms with van der Waals surface area (Å²) in [6.45, 7) is 2.01. The van der Waals surface area contributed by atoms with Gasteiger partial charge in [-0.05, 0) is 25.7 Å². The Morgan fingerprint density at radius 1 is 1.44 bits per heavy atom. The number of ether oxygens (including phenoxy) is 2. The molecule has 2 N–H and O–H groups in total. The van der Waals surface area contributed by atoms with E-state index in [1.807, 2.05) is 6.92 Å². The Bertz CT molecular complexity index is 220. The second-order valence-electron chi connectivity index (χ2n) is 4.48. The van der Waals surface area contributed by atoms with Crippen molar-refractivity contribution >= 4 is 5.97 Å². The summed E-state index contributed by atoms with van der Waals surface area (Å²) in [5, 5.41) is 0. The average Bonchev–Trinajstić information content (AvgIpc) is 2.29. The van der Waals surface area contributed by atoms with E-state index in [0.29, 0.717) is 6.42 Å². The zero-order chi connectivity index (χ0) is 12.0. The normalized spacial score (nSPS) is 27.4. The maximum absolute atomic E-state index is 11.6. The molecule has 0 bridgehead atoms. The van der Waals surface area contributed by atoms with Gasteiger partial charge in [-0.3, -0.25) is 4.79 Å². The van der Waals surface area contributed by atoms with E-state index in [0.717, 1.165) is 32.1 Å². The lowest BCUT2D eigenvalue weighted by atomic mass is 9.95. The molecule has 4 nitrogen and oxygen atoms in total. The van der Waals surface area contributed by atoms with Crippen LogP contribution < -0.4 is 5.73 Å². The van der Waals surface area contributed by atoms with Gasteiger partial charge in [0.05, 0.1) is 6.10 Å². The van der Waals surface area contributed by atoms with Gasteiger partial charge in [-0.2, -0.15) is 0 Å². The van der Waals surface area contributed by atoms with Crippen LogP contribution in [-0.4, -0.2) is 31.3 Å². The molecular formula is C12H23NO3. The van der Waals surface area contributed by atoms with Gasteiger partial charge in [-0.15, -0.1) is 0 Å². The van der Waals surface area contributed by atoms with Crippen LogP contribution >= 0.6 is 0 Å². The first-order chi connectivity index (χ1) is 7.67. The molecule has 16 heavy (non-hydrogen) atoms. The van der Waals surface area contributed by atoms with Crippen molar-refractivity contribution in [2.24, 2.45) is 5.73 Å². The van der Waals surface area contributed by atoms with Crippen molar-refractivity contribution in [3.8, 4) is 0 Å². The summed E-state index contributed by atoms with van der Waals surface area (Å²) in [7, 11) is 1.71. The van der Waals surface area contributed by atoms with Crippen molar-refractivity contribution in [1.82, 2.24) is 0 Å². The molecule has 94 valence electrons. The van der Waals surface area contributed by atoms with Crippen LogP contribution in [0.3, 0.4) is 0 Å². The van der Waals surface area contributed by atoms with E-state index in [1.54, 1.807) is 7.11 Å². The Balaban J connectivity index is 2.32. The molecule has 0 aromatic carbocycles. The summed E-state index contributed by atoms with van der Waals surface area (Å²) < 4.78 is 10.7. The molecule has 2 unspecified atom stereocenters. The summed E-state index contributed by atoms with van der Waals surface area (Å²) in [6, 6.07) is -0.465. The third-order valence-corrected chi connectivity index (χ3v) is 3.10. The minimum atomic E-state index is -0.465. The molecule has 0 aliphatic heterocycles. The molecule has 0 radical (unpaired) electrons. The minimum absolute atomic E-state index is 0.00546. The highest BCUT2D eigenvalue weighted by Gasteiger charge is 2.26. The van der Waals surface area contributed by atoms with E-state index >= 15 is 0 Å². The first-order valence-corrected chi connectivity index (χ1v) is 6.16. The van der Waals surface area contributed by atoms with Gasteiger partial charge in [0, 0.05) is 13.5 Å². The SMILES string of the molecule is CCC[C@H](N)C(=O)OC1CCCC(OC)C1. The minimum Gasteiger partial charge on any atom is -0.461 e. The molecule has 1 fully saturated rings. The van der Waals surface area contributed by atoms with E-state index in [-0.39, 0.29) is 18.2 Å². The first-order valence-electron chi connectivity index (χ1n) is 6.16. The van der Waals surface area contributed by atoms with Crippen molar-refractivity contribution in [2.75, 3.05) is 7.11 Å². The number of carbonyl (C=O) groups is 1. The summed E-state index contributed by atoms with van der Waals surface area (Å²) in [5.41, 5.74) is 5.71. The molecular weight excluding hydrogens is 206 g/mol. The number of hydrogen-bond acceptors (Lipinski definition) is 4. The Kier molecular flexibility index (Phi) is 5.77. The second kappa shape index (κ2) is 6.86. The van der Waals surface area contributed by atoms with Crippen LogP contribution in [0.25, 0.3) is 0 Å². The maximum Gasteiger partial charge on any atom is 0.323 e. The van der Waals surface area contributed by atoms with Crippen LogP contribution in [0.2, 0.25) is 0 Å². The standard InChI is InChI=1S/C12H23NO3/c1-3-5-11(13)12(14)16-10-7-4-6-9(8-10)15-2/h9-11H,3-8,13H2,1-2H3/t9?,10?,11-/m0/s1. The maximum atomic E-state index is 11.6. The van der Waals surface area contributed by atoms with Gasteiger partial charge < -0.3 is 15.2 Å². The van der Waals surface area contributed by atoms with Gasteiger partial charge in [0.25, 0.3) is 0 Å². The summed E-state index contributed by atoms with van der Waals surface area (Å²) in [5.74, 6) is -0.261. The quantitative estimate of drug-likeness (QED) is 0.728. The van der Waals surface area contributed by atoms with Crippen LogP contribution in [0.15, 0.2) is 0 Å². The van der Waals surface area contributed by atoms with Crippen molar-refractivity contribution in [3.05, 3.63) is 0 Å². The Morgan fingerprint density at radius 2 is 2.12 bits per heavy atom. The molecule has 0 aromatic heterocycles. The molecule has 0 heterocycles. The van der Waals surface area contributed by atoms with Gasteiger partial charge in [0.2, 0.25) is 0 Å². The van der Waals surface area contributed by atoms with E-state index in [4.69, 9.17) is 15.2 Å². The monoisotopic (exact) mass is 229 g/mol. The number of esters is 1. The van der Waals surface area contributed by atoms with Crippen LogP contribution in [-0.2, 0) is 14.3 Å². The largest absolute Gasteiger partial charge is 0.461 e.